The summed E-state index contributed by atoms with van der Waals surface area (Å²) in [5, 5.41) is 0. The molecule has 0 aromatic heterocycles. The average molecular weight is 191 g/mol. The summed E-state index contributed by atoms with van der Waals surface area (Å²) in [7, 11) is 0. The largest absolute Gasteiger partial charge is 0.494 e. The molecule has 1 aromatic rings. The van der Waals surface area contributed by atoms with Crippen molar-refractivity contribution >= 4 is 0 Å². The van der Waals surface area contributed by atoms with Crippen LogP contribution in [-0.4, -0.2) is 12.6 Å². The zero-order valence-electron chi connectivity index (χ0n) is 8.62. The van der Waals surface area contributed by atoms with Crippen LogP contribution in [0.3, 0.4) is 0 Å². The minimum atomic E-state index is 0.333. The maximum Gasteiger partial charge on any atom is 0.122 e. The van der Waals surface area contributed by atoms with E-state index in [2.05, 4.69) is 18.2 Å². The van der Waals surface area contributed by atoms with Gasteiger partial charge in [-0.15, -0.1) is 0 Å². The van der Waals surface area contributed by atoms with Gasteiger partial charge < -0.3 is 10.5 Å². The lowest BCUT2D eigenvalue weighted by Crippen LogP contribution is -2.28. The number of ether oxygens (including phenoxy) is 1. The van der Waals surface area contributed by atoms with E-state index in [9.17, 15) is 0 Å². The molecule has 14 heavy (non-hydrogen) atoms. The Morgan fingerprint density at radius 2 is 2.36 bits per heavy atom. The van der Waals surface area contributed by atoms with Crippen molar-refractivity contribution in [1.82, 2.24) is 0 Å². The first-order valence-corrected chi connectivity index (χ1v) is 5.30. The van der Waals surface area contributed by atoms with Crippen molar-refractivity contribution in [3.63, 3.8) is 0 Å². The number of fused-ring (bicyclic) bond motifs is 1. The second-order valence-electron chi connectivity index (χ2n) is 3.83. The van der Waals surface area contributed by atoms with Crippen molar-refractivity contribution < 1.29 is 4.74 Å². The standard InChI is InChI=1S/C12H17NO/c1-2-14-12-5-3-4-9-8-10(13)6-7-11(9)12/h3-5,10H,2,6-8,13H2,1H3/t10-/m0/s1. The lowest BCUT2D eigenvalue weighted by Gasteiger charge is -2.23. The summed E-state index contributed by atoms with van der Waals surface area (Å²) in [5.41, 5.74) is 8.67. The molecule has 76 valence electrons. The Labute approximate surface area is 85.1 Å². The van der Waals surface area contributed by atoms with E-state index in [1.54, 1.807) is 0 Å². The molecule has 2 N–H and O–H groups in total. The molecule has 1 aliphatic carbocycles. The molecular formula is C12H17NO. The summed E-state index contributed by atoms with van der Waals surface area (Å²) in [6.07, 6.45) is 3.14. The van der Waals surface area contributed by atoms with Gasteiger partial charge >= 0.3 is 0 Å². The third kappa shape index (κ3) is 1.75. The van der Waals surface area contributed by atoms with Crippen molar-refractivity contribution in [2.24, 2.45) is 5.73 Å². The molecule has 0 bridgehead atoms. The molecule has 2 rings (SSSR count). The molecule has 0 saturated heterocycles. The van der Waals surface area contributed by atoms with Gasteiger partial charge in [0.2, 0.25) is 0 Å². The smallest absolute Gasteiger partial charge is 0.122 e. The average Bonchev–Trinajstić information content (AvgIpc) is 2.18. The molecule has 0 radical (unpaired) electrons. The van der Waals surface area contributed by atoms with Crippen LogP contribution in [0, 0.1) is 0 Å². The molecule has 0 unspecified atom stereocenters. The van der Waals surface area contributed by atoms with Crippen molar-refractivity contribution in [3.05, 3.63) is 29.3 Å². The summed E-state index contributed by atoms with van der Waals surface area (Å²) in [4.78, 5) is 0. The molecule has 1 atom stereocenters. The van der Waals surface area contributed by atoms with Gasteiger partial charge in [-0.1, -0.05) is 12.1 Å². The fourth-order valence-electron chi connectivity index (χ4n) is 2.09. The van der Waals surface area contributed by atoms with Crippen molar-refractivity contribution in [1.29, 1.82) is 0 Å². The van der Waals surface area contributed by atoms with Gasteiger partial charge in [0, 0.05) is 6.04 Å². The van der Waals surface area contributed by atoms with Crippen LogP contribution < -0.4 is 10.5 Å². The molecule has 2 heteroatoms. The van der Waals surface area contributed by atoms with Crippen LogP contribution >= 0.6 is 0 Å². The van der Waals surface area contributed by atoms with Crippen molar-refractivity contribution in [3.8, 4) is 5.75 Å². The highest BCUT2D eigenvalue weighted by atomic mass is 16.5. The maximum absolute atomic E-state index is 5.93. The molecule has 0 spiro atoms. The van der Waals surface area contributed by atoms with Crippen LogP contribution in [0.25, 0.3) is 0 Å². The highest BCUT2D eigenvalue weighted by Gasteiger charge is 2.18. The SMILES string of the molecule is CCOc1cccc2c1CC[C@H](N)C2. The van der Waals surface area contributed by atoms with Crippen LogP contribution in [0.1, 0.15) is 24.5 Å². The van der Waals surface area contributed by atoms with Gasteiger partial charge in [-0.3, -0.25) is 0 Å². The molecule has 0 fully saturated rings. The maximum atomic E-state index is 5.93. The monoisotopic (exact) mass is 191 g/mol. The lowest BCUT2D eigenvalue weighted by atomic mass is 9.88. The van der Waals surface area contributed by atoms with E-state index in [1.165, 1.54) is 11.1 Å². The highest BCUT2D eigenvalue weighted by molar-refractivity contribution is 5.42. The summed E-state index contributed by atoms with van der Waals surface area (Å²) in [6.45, 7) is 2.76. The number of rotatable bonds is 2. The second kappa shape index (κ2) is 4.01. The van der Waals surface area contributed by atoms with Gasteiger partial charge in [0.25, 0.3) is 0 Å². The number of benzene rings is 1. The summed E-state index contributed by atoms with van der Waals surface area (Å²) < 4.78 is 5.60. The molecule has 0 amide bonds. The quantitative estimate of drug-likeness (QED) is 0.775. The predicted octanol–water partition coefficient (Wildman–Crippen LogP) is 1.90. The van der Waals surface area contributed by atoms with E-state index in [-0.39, 0.29) is 0 Å². The Balaban J connectivity index is 2.31. The Kier molecular flexibility index (Phi) is 2.73. The lowest BCUT2D eigenvalue weighted by molar-refractivity contribution is 0.334. The van der Waals surface area contributed by atoms with Crippen molar-refractivity contribution in [2.45, 2.75) is 32.2 Å². The number of nitrogens with two attached hydrogens (primary N) is 1. The molecular weight excluding hydrogens is 174 g/mol. The first kappa shape index (κ1) is 9.53. The Hall–Kier alpha value is -1.02. The Morgan fingerprint density at radius 1 is 1.50 bits per heavy atom. The van der Waals surface area contributed by atoms with Crippen LogP contribution in [0.15, 0.2) is 18.2 Å². The predicted molar refractivity (Wildman–Crippen MR) is 57.6 cm³/mol. The van der Waals surface area contributed by atoms with Gasteiger partial charge in [0.1, 0.15) is 5.75 Å². The fourth-order valence-corrected chi connectivity index (χ4v) is 2.09. The zero-order valence-corrected chi connectivity index (χ0v) is 8.62. The Bertz CT molecular complexity index is 308. The van der Waals surface area contributed by atoms with E-state index in [1.807, 2.05) is 6.92 Å². The van der Waals surface area contributed by atoms with Crippen LogP contribution in [-0.2, 0) is 12.8 Å². The van der Waals surface area contributed by atoms with E-state index >= 15 is 0 Å². The molecule has 2 nitrogen and oxygen atoms in total. The van der Waals surface area contributed by atoms with E-state index in [0.29, 0.717) is 6.04 Å². The first-order chi connectivity index (χ1) is 6.81. The minimum absolute atomic E-state index is 0.333. The molecule has 0 heterocycles. The van der Waals surface area contributed by atoms with Gasteiger partial charge in [-0.05, 0) is 43.4 Å². The van der Waals surface area contributed by atoms with E-state index < -0.39 is 0 Å². The van der Waals surface area contributed by atoms with Crippen LogP contribution in [0.5, 0.6) is 5.75 Å². The van der Waals surface area contributed by atoms with Gasteiger partial charge in [-0.25, -0.2) is 0 Å². The minimum Gasteiger partial charge on any atom is -0.494 e. The van der Waals surface area contributed by atoms with Gasteiger partial charge in [0.05, 0.1) is 6.61 Å². The fraction of sp³-hybridized carbons (Fsp3) is 0.500. The highest BCUT2D eigenvalue weighted by Crippen LogP contribution is 2.29. The number of hydrogen-bond donors (Lipinski definition) is 1. The number of hydrogen-bond acceptors (Lipinski definition) is 2. The topological polar surface area (TPSA) is 35.2 Å². The molecule has 1 aliphatic rings. The van der Waals surface area contributed by atoms with Crippen LogP contribution in [0.2, 0.25) is 0 Å². The zero-order chi connectivity index (χ0) is 9.97. The molecule has 1 aromatic carbocycles. The molecule has 0 aliphatic heterocycles. The van der Waals surface area contributed by atoms with E-state index in [4.69, 9.17) is 10.5 Å². The first-order valence-electron chi connectivity index (χ1n) is 5.30. The third-order valence-corrected chi connectivity index (χ3v) is 2.78. The third-order valence-electron chi connectivity index (χ3n) is 2.78. The van der Waals surface area contributed by atoms with Crippen LogP contribution in [0.4, 0.5) is 0 Å². The second-order valence-corrected chi connectivity index (χ2v) is 3.83. The van der Waals surface area contributed by atoms with E-state index in [0.717, 1.165) is 31.6 Å². The van der Waals surface area contributed by atoms with Crippen molar-refractivity contribution in [2.75, 3.05) is 6.61 Å². The normalized spacial score (nSPS) is 20.3. The van der Waals surface area contributed by atoms with Gasteiger partial charge in [-0.2, -0.15) is 0 Å². The summed E-state index contributed by atoms with van der Waals surface area (Å²) in [5.74, 6) is 1.05. The Morgan fingerprint density at radius 3 is 3.14 bits per heavy atom. The summed E-state index contributed by atoms with van der Waals surface area (Å²) >= 11 is 0. The molecule has 0 saturated carbocycles. The van der Waals surface area contributed by atoms with Gasteiger partial charge in [0.15, 0.2) is 0 Å². The summed E-state index contributed by atoms with van der Waals surface area (Å²) in [6, 6.07) is 6.61.